The minimum atomic E-state index is -1.14. The van der Waals surface area contributed by atoms with Crippen molar-refractivity contribution in [1.82, 2.24) is 15.5 Å². The number of aliphatic hydroxyl groups is 1. The van der Waals surface area contributed by atoms with E-state index in [1.54, 1.807) is 58.0 Å². The lowest BCUT2D eigenvalue weighted by atomic mass is 10.00. The molecule has 1 aromatic carbocycles. The molecule has 0 saturated carbocycles. The largest absolute Gasteiger partial charge is 0.466 e. The maximum absolute atomic E-state index is 13.8. The molecular weight excluding hydrogens is 510 g/mol. The van der Waals surface area contributed by atoms with Crippen LogP contribution in [0, 0.1) is 0 Å². The van der Waals surface area contributed by atoms with Crippen LogP contribution in [0.1, 0.15) is 57.7 Å². The lowest BCUT2D eigenvalue weighted by Gasteiger charge is -2.34. The lowest BCUT2D eigenvalue weighted by Crippen LogP contribution is -2.54. The Kier molecular flexibility index (Phi) is 14.5. The zero-order valence-corrected chi connectivity index (χ0v) is 23.8. The number of ether oxygens (including phenoxy) is 2. The van der Waals surface area contributed by atoms with Gasteiger partial charge in [0, 0.05) is 13.1 Å². The van der Waals surface area contributed by atoms with Gasteiger partial charge in [0.05, 0.1) is 19.6 Å². The van der Waals surface area contributed by atoms with Gasteiger partial charge in [-0.05, 0) is 63.3 Å². The number of thioether (sulfide) groups is 1. The van der Waals surface area contributed by atoms with Crippen molar-refractivity contribution in [1.29, 1.82) is 0 Å². The highest BCUT2D eigenvalue weighted by Crippen LogP contribution is 2.24. The summed E-state index contributed by atoms with van der Waals surface area (Å²) in [4.78, 5) is 52.8. The van der Waals surface area contributed by atoms with Gasteiger partial charge in [0.2, 0.25) is 11.8 Å². The van der Waals surface area contributed by atoms with Crippen LogP contribution in [-0.4, -0.2) is 83.8 Å². The highest BCUT2D eigenvalue weighted by Gasteiger charge is 2.36. The Morgan fingerprint density at radius 2 is 1.95 bits per heavy atom. The van der Waals surface area contributed by atoms with Crippen LogP contribution >= 0.6 is 11.8 Å². The Hall–Kier alpha value is -3.05. The third-order valence-corrected chi connectivity index (χ3v) is 5.82. The van der Waals surface area contributed by atoms with E-state index < -0.39 is 48.2 Å². The number of benzene rings is 1. The average molecular weight is 552 g/mol. The van der Waals surface area contributed by atoms with Crippen molar-refractivity contribution in [2.24, 2.45) is 0 Å². The standard InChI is InChI=1S/C27H41N3O7S/c1-7-19-10-9-11-20(18-19)23(24(33)28-14-12-22(32)36-8-2)30(15-16-31)25(34)21(13-17-38-6)29-26(35)37-27(3,4)5/h7,9-11,18,21,23,31H,1,8,12-17H2,2-6H3,(H,28,33)(H,29,35). The van der Waals surface area contributed by atoms with Crippen LogP contribution in [0.5, 0.6) is 0 Å². The molecule has 3 amide bonds. The first-order valence-corrected chi connectivity index (χ1v) is 13.9. The topological polar surface area (TPSA) is 134 Å². The number of nitrogens with one attached hydrogen (secondary N) is 2. The summed E-state index contributed by atoms with van der Waals surface area (Å²) >= 11 is 1.50. The van der Waals surface area contributed by atoms with Crippen molar-refractivity contribution in [3.63, 3.8) is 0 Å². The number of hydrogen-bond donors (Lipinski definition) is 3. The number of hydrogen-bond acceptors (Lipinski definition) is 8. The van der Waals surface area contributed by atoms with Crippen molar-refractivity contribution < 1.29 is 33.8 Å². The molecule has 0 heterocycles. The summed E-state index contributed by atoms with van der Waals surface area (Å²) in [6.07, 6.45) is 2.98. The second-order valence-electron chi connectivity index (χ2n) is 9.36. The molecule has 2 atom stereocenters. The molecule has 11 heteroatoms. The van der Waals surface area contributed by atoms with Gasteiger partial charge in [-0.15, -0.1) is 0 Å². The van der Waals surface area contributed by atoms with E-state index in [1.807, 2.05) is 6.26 Å². The Morgan fingerprint density at radius 3 is 2.53 bits per heavy atom. The van der Waals surface area contributed by atoms with E-state index in [-0.39, 0.29) is 32.5 Å². The average Bonchev–Trinajstić information content (AvgIpc) is 2.85. The number of alkyl carbamates (subject to hydrolysis) is 1. The summed E-state index contributed by atoms with van der Waals surface area (Å²) in [6.45, 7) is 10.2. The van der Waals surface area contributed by atoms with Crippen LogP contribution < -0.4 is 10.6 Å². The molecule has 0 saturated heterocycles. The third-order valence-electron chi connectivity index (χ3n) is 5.18. The lowest BCUT2D eigenvalue weighted by molar-refractivity contribution is -0.144. The van der Waals surface area contributed by atoms with Crippen LogP contribution in [0.3, 0.4) is 0 Å². The number of esters is 1. The zero-order valence-electron chi connectivity index (χ0n) is 23.0. The first-order valence-electron chi connectivity index (χ1n) is 12.5. The zero-order chi connectivity index (χ0) is 28.7. The summed E-state index contributed by atoms with van der Waals surface area (Å²) in [7, 11) is 0. The predicted octanol–water partition coefficient (Wildman–Crippen LogP) is 2.91. The number of amides is 3. The molecule has 212 valence electrons. The van der Waals surface area contributed by atoms with Gasteiger partial charge in [0.1, 0.15) is 17.7 Å². The highest BCUT2D eigenvalue weighted by molar-refractivity contribution is 7.98. The Balaban J connectivity index is 3.37. The molecule has 0 radical (unpaired) electrons. The molecule has 38 heavy (non-hydrogen) atoms. The van der Waals surface area contributed by atoms with Crippen molar-refractivity contribution >= 4 is 41.7 Å². The summed E-state index contributed by atoms with van der Waals surface area (Å²) in [6, 6.07) is 4.80. The third kappa shape index (κ3) is 11.6. The van der Waals surface area contributed by atoms with E-state index in [4.69, 9.17) is 9.47 Å². The molecule has 0 spiro atoms. The van der Waals surface area contributed by atoms with Gasteiger partial charge in [-0.1, -0.05) is 30.9 Å². The summed E-state index contributed by atoms with van der Waals surface area (Å²) < 4.78 is 10.3. The van der Waals surface area contributed by atoms with Crippen LogP contribution in [0.25, 0.3) is 6.08 Å². The van der Waals surface area contributed by atoms with E-state index >= 15 is 0 Å². The predicted molar refractivity (Wildman–Crippen MR) is 148 cm³/mol. The van der Waals surface area contributed by atoms with Gasteiger partial charge in [-0.2, -0.15) is 11.8 Å². The molecular formula is C27H41N3O7S. The molecule has 0 aliphatic carbocycles. The Labute approximate surface area is 229 Å². The number of carbonyl (C=O) groups excluding carboxylic acids is 4. The molecule has 1 rings (SSSR count). The molecule has 0 bridgehead atoms. The monoisotopic (exact) mass is 551 g/mol. The van der Waals surface area contributed by atoms with E-state index in [1.165, 1.54) is 16.7 Å². The normalized spacial score (nSPS) is 12.6. The van der Waals surface area contributed by atoms with Crippen LogP contribution in [0.4, 0.5) is 4.79 Å². The molecule has 0 aromatic heterocycles. The molecule has 0 aliphatic rings. The Bertz CT molecular complexity index is 949. The van der Waals surface area contributed by atoms with Crippen molar-refractivity contribution in [2.45, 2.75) is 58.2 Å². The second kappa shape index (κ2) is 16.7. The number of rotatable bonds is 15. The van der Waals surface area contributed by atoms with E-state index in [0.29, 0.717) is 11.3 Å². The second-order valence-corrected chi connectivity index (χ2v) is 10.3. The first-order chi connectivity index (χ1) is 18.0. The number of nitrogens with zero attached hydrogens (tertiary/aromatic N) is 1. The van der Waals surface area contributed by atoms with Crippen LogP contribution in [-0.2, 0) is 23.9 Å². The summed E-state index contributed by atoms with van der Waals surface area (Å²) in [5.74, 6) is -0.992. The van der Waals surface area contributed by atoms with Crippen LogP contribution in [0.15, 0.2) is 30.8 Å². The van der Waals surface area contributed by atoms with E-state index in [0.717, 1.165) is 5.56 Å². The molecule has 0 fully saturated rings. The maximum Gasteiger partial charge on any atom is 0.408 e. The Morgan fingerprint density at radius 1 is 1.24 bits per heavy atom. The summed E-state index contributed by atoms with van der Waals surface area (Å²) in [5, 5.41) is 15.2. The molecule has 3 N–H and O–H groups in total. The van der Waals surface area contributed by atoms with Gasteiger partial charge < -0.3 is 30.1 Å². The van der Waals surface area contributed by atoms with Gasteiger partial charge in [-0.3, -0.25) is 14.4 Å². The first kappa shape index (κ1) is 33.0. The van der Waals surface area contributed by atoms with E-state index in [2.05, 4.69) is 17.2 Å². The molecule has 0 aliphatic heterocycles. The van der Waals surface area contributed by atoms with Gasteiger partial charge >= 0.3 is 12.1 Å². The maximum atomic E-state index is 13.8. The highest BCUT2D eigenvalue weighted by atomic mass is 32.2. The fourth-order valence-corrected chi connectivity index (χ4v) is 4.04. The fraction of sp³-hybridized carbons (Fsp3) is 0.556. The molecule has 2 unspecified atom stereocenters. The quantitative estimate of drug-likeness (QED) is 0.283. The number of carbonyl (C=O) groups is 4. The SMILES string of the molecule is C=Cc1cccc(C(C(=O)NCCC(=O)OCC)N(CCO)C(=O)C(CCSC)NC(=O)OC(C)(C)C)c1. The summed E-state index contributed by atoms with van der Waals surface area (Å²) in [5.41, 5.74) is 0.446. The van der Waals surface area contributed by atoms with Gasteiger partial charge in [0.25, 0.3) is 0 Å². The molecule has 1 aromatic rings. The fourth-order valence-electron chi connectivity index (χ4n) is 3.56. The van der Waals surface area contributed by atoms with Crippen LogP contribution in [0.2, 0.25) is 0 Å². The number of aliphatic hydroxyl groups excluding tert-OH is 1. The minimum Gasteiger partial charge on any atom is -0.466 e. The van der Waals surface area contributed by atoms with Crippen molar-refractivity contribution in [2.75, 3.05) is 38.3 Å². The smallest absolute Gasteiger partial charge is 0.408 e. The molecule has 10 nitrogen and oxygen atoms in total. The van der Waals surface area contributed by atoms with Crippen molar-refractivity contribution in [3.05, 3.63) is 42.0 Å². The van der Waals surface area contributed by atoms with Gasteiger partial charge in [0.15, 0.2) is 0 Å². The van der Waals surface area contributed by atoms with Crippen molar-refractivity contribution in [3.8, 4) is 0 Å². The van der Waals surface area contributed by atoms with Gasteiger partial charge in [-0.25, -0.2) is 4.79 Å². The minimum absolute atomic E-state index is 0.00251. The van der Waals surface area contributed by atoms with E-state index in [9.17, 15) is 24.3 Å².